The molecule has 3 rings (SSSR count). The highest BCUT2D eigenvalue weighted by Gasteiger charge is 2.22. The van der Waals surface area contributed by atoms with E-state index in [1.807, 2.05) is 13.0 Å². The minimum Gasteiger partial charge on any atom is -0.369 e. The zero-order valence-corrected chi connectivity index (χ0v) is 18.2. The number of hydrogen-bond acceptors (Lipinski definition) is 6. The first-order valence-electron chi connectivity index (χ1n) is 10.2. The van der Waals surface area contributed by atoms with E-state index in [4.69, 9.17) is 0 Å². The molecule has 7 nitrogen and oxygen atoms in total. The largest absolute Gasteiger partial charge is 0.369 e. The summed E-state index contributed by atoms with van der Waals surface area (Å²) in [5.74, 6) is -0.0203. The summed E-state index contributed by atoms with van der Waals surface area (Å²) in [7, 11) is 0. The van der Waals surface area contributed by atoms with Crippen molar-refractivity contribution in [3.63, 3.8) is 0 Å². The molecule has 2 atom stereocenters. The van der Waals surface area contributed by atoms with Crippen molar-refractivity contribution >= 4 is 29.0 Å². The lowest BCUT2D eigenvalue weighted by molar-refractivity contribution is -0.384. The second kappa shape index (κ2) is 10.4. The van der Waals surface area contributed by atoms with E-state index in [1.165, 1.54) is 29.6 Å². The van der Waals surface area contributed by atoms with Crippen LogP contribution in [0.25, 0.3) is 0 Å². The van der Waals surface area contributed by atoms with Crippen LogP contribution in [0, 0.1) is 10.1 Å². The normalized spacial score (nSPS) is 16.7. The van der Waals surface area contributed by atoms with Gasteiger partial charge in [0, 0.05) is 61.5 Å². The Balaban J connectivity index is 1.41. The summed E-state index contributed by atoms with van der Waals surface area (Å²) in [6.07, 6.45) is 0. The van der Waals surface area contributed by atoms with Gasteiger partial charge in [0.15, 0.2) is 0 Å². The summed E-state index contributed by atoms with van der Waals surface area (Å²) in [5.41, 5.74) is 1.31. The molecule has 2 aromatic rings. The Hall–Kier alpha value is -2.58. The van der Waals surface area contributed by atoms with Crippen LogP contribution in [0.4, 0.5) is 11.4 Å². The van der Waals surface area contributed by atoms with Gasteiger partial charge < -0.3 is 10.2 Å². The quantitative estimate of drug-likeness (QED) is 0.394. The summed E-state index contributed by atoms with van der Waals surface area (Å²) >= 11 is 1.40. The molecule has 0 saturated carbocycles. The molecule has 2 aromatic carbocycles. The minimum atomic E-state index is -0.425. The number of anilines is 1. The number of amides is 1. The number of nitrogens with one attached hydrogen (secondary N) is 1. The molecule has 1 saturated heterocycles. The van der Waals surface area contributed by atoms with Crippen LogP contribution in [0.2, 0.25) is 0 Å². The summed E-state index contributed by atoms with van der Waals surface area (Å²) in [6.45, 7) is 8.51. The molecule has 0 spiro atoms. The molecule has 1 N–H and O–H groups in total. The Kier molecular flexibility index (Phi) is 7.70. The number of hydrogen-bond donors (Lipinski definition) is 1. The fraction of sp³-hybridized carbons (Fsp3) is 0.409. The van der Waals surface area contributed by atoms with Crippen LogP contribution in [-0.2, 0) is 4.79 Å². The molecule has 0 aromatic heterocycles. The van der Waals surface area contributed by atoms with Gasteiger partial charge in [-0.15, -0.1) is 11.8 Å². The first-order valence-corrected chi connectivity index (χ1v) is 11.0. The number of rotatable bonds is 8. The van der Waals surface area contributed by atoms with Gasteiger partial charge in [-0.2, -0.15) is 0 Å². The highest BCUT2D eigenvalue weighted by molar-refractivity contribution is 8.00. The Bertz CT molecular complexity index is 839. The SMILES string of the molecule is CC(Sc1ccc([N+](=O)[O-])cc1)C(=O)NCC(C)N1CCN(c2ccccc2)CC1. The van der Waals surface area contributed by atoms with Crippen LogP contribution in [0.1, 0.15) is 13.8 Å². The van der Waals surface area contributed by atoms with Crippen LogP contribution < -0.4 is 10.2 Å². The molecule has 1 heterocycles. The molecule has 0 bridgehead atoms. The van der Waals surface area contributed by atoms with E-state index in [9.17, 15) is 14.9 Å². The molecular formula is C22H28N4O3S. The summed E-state index contributed by atoms with van der Waals surface area (Å²) in [4.78, 5) is 28.4. The average Bonchev–Trinajstić information content (AvgIpc) is 2.78. The third-order valence-corrected chi connectivity index (χ3v) is 6.47. The van der Waals surface area contributed by atoms with Gasteiger partial charge in [-0.05, 0) is 38.1 Å². The Morgan fingerprint density at radius 1 is 1.07 bits per heavy atom. The number of benzene rings is 2. The van der Waals surface area contributed by atoms with Gasteiger partial charge in [-0.3, -0.25) is 19.8 Å². The number of carbonyl (C=O) groups excluding carboxylic acids is 1. The van der Waals surface area contributed by atoms with Gasteiger partial charge in [-0.1, -0.05) is 18.2 Å². The number of nitro benzene ring substituents is 1. The molecule has 0 radical (unpaired) electrons. The van der Waals surface area contributed by atoms with E-state index in [1.54, 1.807) is 12.1 Å². The third-order valence-electron chi connectivity index (χ3n) is 5.36. The summed E-state index contributed by atoms with van der Waals surface area (Å²) in [5, 5.41) is 13.5. The maximum absolute atomic E-state index is 12.5. The molecule has 1 amide bonds. The molecule has 160 valence electrons. The van der Waals surface area contributed by atoms with Crippen molar-refractivity contribution in [2.24, 2.45) is 0 Å². The van der Waals surface area contributed by atoms with Gasteiger partial charge in [-0.25, -0.2) is 0 Å². The van der Waals surface area contributed by atoms with Crippen LogP contribution in [0.15, 0.2) is 59.5 Å². The van der Waals surface area contributed by atoms with Gasteiger partial charge >= 0.3 is 0 Å². The van der Waals surface area contributed by atoms with Crippen molar-refractivity contribution in [3.8, 4) is 0 Å². The van der Waals surface area contributed by atoms with E-state index >= 15 is 0 Å². The Morgan fingerprint density at radius 3 is 2.30 bits per heavy atom. The maximum atomic E-state index is 12.5. The van der Waals surface area contributed by atoms with Gasteiger partial charge in [0.05, 0.1) is 10.2 Å². The van der Waals surface area contributed by atoms with Crippen molar-refractivity contribution < 1.29 is 9.72 Å². The number of carbonyl (C=O) groups is 1. The number of nitrogens with zero attached hydrogens (tertiary/aromatic N) is 3. The van der Waals surface area contributed by atoms with Crippen molar-refractivity contribution in [2.45, 2.75) is 30.0 Å². The van der Waals surface area contributed by atoms with Gasteiger partial charge in [0.2, 0.25) is 5.91 Å². The van der Waals surface area contributed by atoms with Crippen LogP contribution in [-0.4, -0.2) is 59.7 Å². The fourth-order valence-electron chi connectivity index (χ4n) is 3.48. The van der Waals surface area contributed by atoms with E-state index in [-0.39, 0.29) is 22.9 Å². The zero-order valence-electron chi connectivity index (χ0n) is 17.4. The molecule has 1 aliphatic rings. The van der Waals surface area contributed by atoms with Crippen LogP contribution in [0.3, 0.4) is 0 Å². The van der Waals surface area contributed by atoms with E-state index in [2.05, 4.69) is 46.3 Å². The molecule has 0 aliphatic carbocycles. The molecular weight excluding hydrogens is 400 g/mol. The first-order chi connectivity index (χ1) is 14.4. The second-order valence-corrected chi connectivity index (χ2v) is 8.88. The standard InChI is InChI=1S/C22H28N4O3S/c1-17(24-12-14-25(15-13-24)19-6-4-3-5-7-19)16-23-22(27)18(2)30-21-10-8-20(9-11-21)26(28)29/h3-11,17-18H,12-16H2,1-2H3,(H,23,27). The molecule has 8 heteroatoms. The highest BCUT2D eigenvalue weighted by atomic mass is 32.2. The van der Waals surface area contributed by atoms with Gasteiger partial charge in [0.25, 0.3) is 5.69 Å². The van der Waals surface area contributed by atoms with Gasteiger partial charge in [0.1, 0.15) is 0 Å². The average molecular weight is 429 g/mol. The maximum Gasteiger partial charge on any atom is 0.269 e. The Morgan fingerprint density at radius 2 is 1.70 bits per heavy atom. The van der Waals surface area contributed by atoms with Crippen molar-refractivity contribution in [2.75, 3.05) is 37.6 Å². The third kappa shape index (κ3) is 5.96. The topological polar surface area (TPSA) is 78.7 Å². The predicted molar refractivity (Wildman–Crippen MR) is 121 cm³/mol. The molecule has 30 heavy (non-hydrogen) atoms. The smallest absolute Gasteiger partial charge is 0.269 e. The predicted octanol–water partition coefficient (Wildman–Crippen LogP) is 3.40. The summed E-state index contributed by atoms with van der Waals surface area (Å²) in [6, 6.07) is 17.0. The van der Waals surface area contributed by atoms with Crippen molar-refractivity contribution in [1.29, 1.82) is 0 Å². The number of para-hydroxylation sites is 1. The highest BCUT2D eigenvalue weighted by Crippen LogP contribution is 2.25. The number of nitro groups is 1. The van der Waals surface area contributed by atoms with E-state index in [0.29, 0.717) is 6.54 Å². The van der Waals surface area contributed by atoms with Crippen molar-refractivity contribution in [3.05, 3.63) is 64.7 Å². The van der Waals surface area contributed by atoms with Crippen LogP contribution in [0.5, 0.6) is 0 Å². The number of piperazine rings is 1. The lowest BCUT2D eigenvalue weighted by Crippen LogP contribution is -2.52. The Labute approximate surface area is 181 Å². The fourth-order valence-corrected chi connectivity index (χ4v) is 4.38. The zero-order chi connectivity index (χ0) is 21.5. The van der Waals surface area contributed by atoms with E-state index < -0.39 is 4.92 Å². The molecule has 1 aliphatic heterocycles. The number of thioether (sulfide) groups is 1. The molecule has 1 fully saturated rings. The van der Waals surface area contributed by atoms with E-state index in [0.717, 1.165) is 31.1 Å². The molecule has 2 unspecified atom stereocenters. The second-order valence-electron chi connectivity index (χ2n) is 7.46. The lowest BCUT2D eigenvalue weighted by Gasteiger charge is -2.39. The lowest BCUT2D eigenvalue weighted by atomic mass is 10.2. The van der Waals surface area contributed by atoms with Crippen LogP contribution >= 0.6 is 11.8 Å². The summed E-state index contributed by atoms with van der Waals surface area (Å²) < 4.78 is 0. The van der Waals surface area contributed by atoms with Crippen molar-refractivity contribution in [1.82, 2.24) is 10.2 Å². The first kappa shape index (κ1) is 22.1. The minimum absolute atomic E-state index is 0.0203. The monoisotopic (exact) mass is 428 g/mol. The number of non-ortho nitro benzene ring substituents is 1.